The van der Waals surface area contributed by atoms with Crippen molar-refractivity contribution in [2.24, 2.45) is 0 Å². The van der Waals surface area contributed by atoms with E-state index in [0.717, 1.165) is 43.3 Å². The highest BCUT2D eigenvalue weighted by Gasteiger charge is 2.22. The summed E-state index contributed by atoms with van der Waals surface area (Å²) in [5.41, 5.74) is 0.977. The number of methoxy groups -OCH3 is 1. The van der Waals surface area contributed by atoms with Crippen molar-refractivity contribution in [3.05, 3.63) is 30.0 Å². The summed E-state index contributed by atoms with van der Waals surface area (Å²) in [7, 11) is 1.66. The fourth-order valence-corrected chi connectivity index (χ4v) is 2.74. The molecule has 0 saturated carbocycles. The van der Waals surface area contributed by atoms with E-state index in [-0.39, 0.29) is 0 Å². The Balaban J connectivity index is 1.69. The Bertz CT molecular complexity index is 577. The van der Waals surface area contributed by atoms with Gasteiger partial charge in [-0.3, -0.25) is 0 Å². The molecule has 112 valence electrons. The SMILES string of the molecule is COCc1nc(C)cc(N2CCC(n3ccnn3)CC2)n1. The maximum Gasteiger partial charge on any atom is 0.156 e. The molecular formula is C14H20N6O. The number of hydrogen-bond donors (Lipinski definition) is 0. The first-order chi connectivity index (χ1) is 10.3. The Labute approximate surface area is 124 Å². The molecule has 0 bridgehead atoms. The van der Waals surface area contributed by atoms with Crippen molar-refractivity contribution in [1.82, 2.24) is 25.0 Å². The second-order valence-corrected chi connectivity index (χ2v) is 5.32. The summed E-state index contributed by atoms with van der Waals surface area (Å²) in [6, 6.07) is 2.47. The number of rotatable bonds is 4. The second-order valence-electron chi connectivity index (χ2n) is 5.32. The molecule has 2 aromatic rings. The minimum absolute atomic E-state index is 0.435. The fraction of sp³-hybridized carbons (Fsp3) is 0.571. The Morgan fingerprint density at radius 1 is 1.29 bits per heavy atom. The number of ether oxygens (including phenoxy) is 1. The van der Waals surface area contributed by atoms with Crippen LogP contribution in [0.4, 0.5) is 5.82 Å². The van der Waals surface area contributed by atoms with Crippen molar-refractivity contribution in [1.29, 1.82) is 0 Å². The summed E-state index contributed by atoms with van der Waals surface area (Å²) in [5, 5.41) is 7.98. The van der Waals surface area contributed by atoms with Crippen LogP contribution in [0, 0.1) is 6.92 Å². The van der Waals surface area contributed by atoms with E-state index in [1.165, 1.54) is 0 Å². The van der Waals surface area contributed by atoms with Crippen molar-refractivity contribution in [3.8, 4) is 0 Å². The maximum atomic E-state index is 5.13. The topological polar surface area (TPSA) is 69.0 Å². The van der Waals surface area contributed by atoms with Crippen molar-refractivity contribution in [2.45, 2.75) is 32.4 Å². The highest BCUT2D eigenvalue weighted by atomic mass is 16.5. The van der Waals surface area contributed by atoms with E-state index in [1.807, 2.05) is 23.9 Å². The lowest BCUT2D eigenvalue weighted by Gasteiger charge is -2.32. The first-order valence-electron chi connectivity index (χ1n) is 7.20. The number of hydrogen-bond acceptors (Lipinski definition) is 6. The Kier molecular flexibility index (Phi) is 4.10. The average Bonchev–Trinajstić information content (AvgIpc) is 3.01. The molecule has 21 heavy (non-hydrogen) atoms. The minimum Gasteiger partial charge on any atom is -0.377 e. The number of aromatic nitrogens is 5. The first kappa shape index (κ1) is 13.9. The fourth-order valence-electron chi connectivity index (χ4n) is 2.74. The monoisotopic (exact) mass is 288 g/mol. The zero-order chi connectivity index (χ0) is 14.7. The molecule has 1 fully saturated rings. The van der Waals surface area contributed by atoms with Crippen LogP contribution in [0.25, 0.3) is 0 Å². The van der Waals surface area contributed by atoms with Crippen molar-refractivity contribution in [3.63, 3.8) is 0 Å². The Hall–Kier alpha value is -2.02. The van der Waals surface area contributed by atoms with E-state index >= 15 is 0 Å². The lowest BCUT2D eigenvalue weighted by molar-refractivity contribution is 0.177. The lowest BCUT2D eigenvalue weighted by atomic mass is 10.1. The van der Waals surface area contributed by atoms with Gasteiger partial charge in [0.05, 0.1) is 12.2 Å². The van der Waals surface area contributed by atoms with Gasteiger partial charge in [-0.25, -0.2) is 14.6 Å². The zero-order valence-corrected chi connectivity index (χ0v) is 12.4. The Morgan fingerprint density at radius 2 is 2.10 bits per heavy atom. The molecule has 7 nitrogen and oxygen atoms in total. The van der Waals surface area contributed by atoms with Gasteiger partial charge in [0, 0.05) is 38.2 Å². The molecule has 1 saturated heterocycles. The van der Waals surface area contributed by atoms with Crippen LogP contribution in [0.5, 0.6) is 0 Å². The van der Waals surface area contributed by atoms with Gasteiger partial charge in [-0.05, 0) is 19.8 Å². The van der Waals surface area contributed by atoms with Crippen LogP contribution in [0.15, 0.2) is 18.5 Å². The van der Waals surface area contributed by atoms with Gasteiger partial charge in [0.1, 0.15) is 12.4 Å². The third kappa shape index (κ3) is 3.18. The predicted octanol–water partition coefficient (Wildman–Crippen LogP) is 1.36. The molecule has 0 N–H and O–H groups in total. The van der Waals surface area contributed by atoms with E-state index in [1.54, 1.807) is 13.3 Å². The smallest absolute Gasteiger partial charge is 0.156 e. The molecule has 0 unspecified atom stereocenters. The van der Waals surface area contributed by atoms with Crippen LogP contribution in [0.1, 0.15) is 30.4 Å². The summed E-state index contributed by atoms with van der Waals surface area (Å²) in [4.78, 5) is 11.3. The van der Waals surface area contributed by atoms with Crippen LogP contribution in [0.3, 0.4) is 0 Å². The molecule has 0 amide bonds. The highest BCUT2D eigenvalue weighted by molar-refractivity contribution is 5.40. The van der Waals surface area contributed by atoms with Gasteiger partial charge in [0.15, 0.2) is 5.82 Å². The summed E-state index contributed by atoms with van der Waals surface area (Å²) in [6.45, 7) is 4.37. The quantitative estimate of drug-likeness (QED) is 0.846. The summed E-state index contributed by atoms with van der Waals surface area (Å²) in [6.07, 6.45) is 5.76. The van der Waals surface area contributed by atoms with Gasteiger partial charge in [0.25, 0.3) is 0 Å². The zero-order valence-electron chi connectivity index (χ0n) is 12.4. The minimum atomic E-state index is 0.435. The van der Waals surface area contributed by atoms with E-state index in [4.69, 9.17) is 4.74 Å². The van der Waals surface area contributed by atoms with Crippen LogP contribution >= 0.6 is 0 Å². The summed E-state index contributed by atoms with van der Waals surface area (Å²) < 4.78 is 7.09. The predicted molar refractivity (Wildman–Crippen MR) is 78.0 cm³/mol. The second kappa shape index (κ2) is 6.17. The van der Waals surface area contributed by atoms with E-state index < -0.39 is 0 Å². The van der Waals surface area contributed by atoms with Crippen LogP contribution < -0.4 is 4.90 Å². The summed E-state index contributed by atoms with van der Waals surface area (Å²) >= 11 is 0. The normalized spacial score (nSPS) is 16.4. The highest BCUT2D eigenvalue weighted by Crippen LogP contribution is 2.25. The number of anilines is 1. The maximum absolute atomic E-state index is 5.13. The molecule has 2 aromatic heterocycles. The molecular weight excluding hydrogens is 268 g/mol. The number of piperidine rings is 1. The molecule has 3 rings (SSSR count). The van der Waals surface area contributed by atoms with Crippen molar-refractivity contribution >= 4 is 5.82 Å². The molecule has 0 spiro atoms. The largest absolute Gasteiger partial charge is 0.377 e. The molecule has 0 aliphatic carbocycles. The number of nitrogens with zero attached hydrogens (tertiary/aromatic N) is 6. The molecule has 0 aromatic carbocycles. The van der Waals surface area contributed by atoms with Crippen LogP contribution in [0.2, 0.25) is 0 Å². The average molecular weight is 288 g/mol. The van der Waals surface area contributed by atoms with E-state index in [0.29, 0.717) is 12.6 Å². The molecule has 3 heterocycles. The third-order valence-electron chi connectivity index (χ3n) is 3.76. The van der Waals surface area contributed by atoms with Gasteiger partial charge in [-0.1, -0.05) is 5.21 Å². The van der Waals surface area contributed by atoms with Crippen molar-refractivity contribution in [2.75, 3.05) is 25.1 Å². The molecule has 7 heteroatoms. The molecule has 0 radical (unpaired) electrons. The van der Waals surface area contributed by atoms with Gasteiger partial charge in [-0.2, -0.15) is 0 Å². The van der Waals surface area contributed by atoms with Crippen LogP contribution in [-0.2, 0) is 11.3 Å². The standard InChI is InChI=1S/C14H20N6O/c1-11-9-14(17-13(16-11)10-21-2)19-6-3-12(4-7-19)20-8-5-15-18-20/h5,8-9,12H,3-4,6-7,10H2,1-2H3. The van der Waals surface area contributed by atoms with E-state index in [9.17, 15) is 0 Å². The number of aryl methyl sites for hydroxylation is 1. The van der Waals surface area contributed by atoms with E-state index in [2.05, 4.69) is 25.2 Å². The van der Waals surface area contributed by atoms with Gasteiger partial charge in [0.2, 0.25) is 0 Å². The lowest BCUT2D eigenvalue weighted by Crippen LogP contribution is -2.35. The van der Waals surface area contributed by atoms with Crippen molar-refractivity contribution < 1.29 is 4.74 Å². The molecule has 1 aliphatic heterocycles. The first-order valence-corrected chi connectivity index (χ1v) is 7.20. The Morgan fingerprint density at radius 3 is 2.76 bits per heavy atom. The third-order valence-corrected chi connectivity index (χ3v) is 3.76. The van der Waals surface area contributed by atoms with Gasteiger partial charge >= 0.3 is 0 Å². The molecule has 0 atom stereocenters. The summed E-state index contributed by atoms with van der Waals surface area (Å²) in [5.74, 6) is 1.73. The molecule has 1 aliphatic rings. The van der Waals surface area contributed by atoms with Crippen LogP contribution in [-0.4, -0.2) is 45.2 Å². The van der Waals surface area contributed by atoms with Gasteiger partial charge < -0.3 is 9.64 Å². The van der Waals surface area contributed by atoms with Gasteiger partial charge in [-0.15, -0.1) is 5.10 Å².